The second-order valence-corrected chi connectivity index (χ2v) is 7.59. The van der Waals surface area contributed by atoms with Gasteiger partial charge in [0.2, 0.25) is 0 Å². The summed E-state index contributed by atoms with van der Waals surface area (Å²) < 4.78 is 1.40. The van der Waals surface area contributed by atoms with Gasteiger partial charge in [-0.15, -0.1) is 0 Å². The molecule has 0 saturated heterocycles. The molecule has 1 aliphatic rings. The number of amides is 1. The number of aryl methyl sites for hydroxylation is 2. The zero-order chi connectivity index (χ0) is 20.1. The third kappa shape index (κ3) is 2.63. The number of aromatic amines is 1. The number of pyridine rings is 1. The van der Waals surface area contributed by atoms with Gasteiger partial charge in [0.05, 0.1) is 11.6 Å². The van der Waals surface area contributed by atoms with Gasteiger partial charge in [0, 0.05) is 29.0 Å². The van der Waals surface area contributed by atoms with E-state index in [0.29, 0.717) is 10.9 Å². The Kier molecular flexibility index (Phi) is 3.94. The number of carbonyl (C=O) groups is 1. The predicted octanol–water partition coefficient (Wildman–Crippen LogP) is 3.53. The number of benzene rings is 2. The van der Waals surface area contributed by atoms with Crippen LogP contribution in [0, 0.1) is 0 Å². The highest BCUT2D eigenvalue weighted by Gasteiger charge is 2.28. The number of nitrogens with zero attached hydrogens (tertiary/aromatic N) is 1. The van der Waals surface area contributed by atoms with E-state index in [4.69, 9.17) is 0 Å². The van der Waals surface area contributed by atoms with Gasteiger partial charge in [-0.05, 0) is 43.0 Å². The van der Waals surface area contributed by atoms with Crippen LogP contribution in [0.1, 0.15) is 40.5 Å². The van der Waals surface area contributed by atoms with E-state index >= 15 is 0 Å². The van der Waals surface area contributed by atoms with Gasteiger partial charge in [-0.2, -0.15) is 0 Å². The van der Waals surface area contributed by atoms with Crippen molar-refractivity contribution in [1.82, 2.24) is 14.9 Å². The topological polar surface area (TPSA) is 87.1 Å². The third-order valence-electron chi connectivity index (χ3n) is 5.92. The number of rotatable bonds is 2. The van der Waals surface area contributed by atoms with Crippen LogP contribution in [0.5, 0.6) is 5.75 Å². The van der Waals surface area contributed by atoms with Crippen molar-refractivity contribution in [3.05, 3.63) is 75.7 Å². The van der Waals surface area contributed by atoms with E-state index in [9.17, 15) is 14.7 Å². The quantitative estimate of drug-likeness (QED) is 0.492. The summed E-state index contributed by atoms with van der Waals surface area (Å²) in [5, 5.41) is 15.3. The van der Waals surface area contributed by atoms with Gasteiger partial charge < -0.3 is 20.0 Å². The minimum Gasteiger partial charge on any atom is -0.506 e. The Bertz CT molecular complexity index is 1330. The molecule has 0 fully saturated rings. The Balaban J connectivity index is 1.57. The number of carbonyl (C=O) groups excluding carboxylic acids is 1. The maximum atomic E-state index is 13.1. The highest BCUT2D eigenvalue weighted by Crippen LogP contribution is 2.35. The molecule has 6 heteroatoms. The molecule has 5 rings (SSSR count). The fourth-order valence-corrected chi connectivity index (χ4v) is 4.47. The molecule has 0 radical (unpaired) electrons. The molecule has 0 spiro atoms. The normalized spacial score (nSPS) is 16.1. The van der Waals surface area contributed by atoms with Crippen LogP contribution in [0.3, 0.4) is 0 Å². The molecule has 0 saturated carbocycles. The van der Waals surface area contributed by atoms with Gasteiger partial charge >= 0.3 is 0 Å². The number of fused-ring (bicyclic) bond motifs is 4. The lowest BCUT2D eigenvalue weighted by Crippen LogP contribution is -2.36. The Morgan fingerprint density at radius 1 is 1.14 bits per heavy atom. The summed E-state index contributed by atoms with van der Waals surface area (Å²) in [6.45, 7) is 0. The fourth-order valence-electron chi connectivity index (χ4n) is 4.47. The number of aromatic nitrogens is 2. The van der Waals surface area contributed by atoms with Crippen LogP contribution in [0.4, 0.5) is 0 Å². The Morgan fingerprint density at radius 2 is 1.86 bits per heavy atom. The van der Waals surface area contributed by atoms with E-state index in [1.165, 1.54) is 15.5 Å². The molecule has 1 atom stereocenters. The summed E-state index contributed by atoms with van der Waals surface area (Å²) in [4.78, 5) is 29.3. The first-order valence-electron chi connectivity index (χ1n) is 9.77. The van der Waals surface area contributed by atoms with Crippen LogP contribution in [0.25, 0.3) is 21.8 Å². The third-order valence-corrected chi connectivity index (χ3v) is 5.92. The first kappa shape index (κ1) is 17.6. The van der Waals surface area contributed by atoms with Gasteiger partial charge in [0.25, 0.3) is 11.5 Å². The molecule has 2 aromatic heterocycles. The monoisotopic (exact) mass is 387 g/mol. The number of aromatic hydroxyl groups is 1. The molecule has 1 amide bonds. The minimum atomic E-state index is -0.551. The van der Waals surface area contributed by atoms with Crippen molar-refractivity contribution >= 4 is 27.7 Å². The summed E-state index contributed by atoms with van der Waals surface area (Å²) >= 11 is 0. The van der Waals surface area contributed by atoms with Crippen molar-refractivity contribution in [2.75, 3.05) is 0 Å². The first-order valence-corrected chi connectivity index (χ1v) is 9.77. The molecule has 2 heterocycles. The summed E-state index contributed by atoms with van der Waals surface area (Å²) in [5.41, 5.74) is 3.11. The van der Waals surface area contributed by atoms with Crippen molar-refractivity contribution < 1.29 is 9.90 Å². The lowest BCUT2D eigenvalue weighted by atomic mass is 9.91. The predicted molar refractivity (Wildman–Crippen MR) is 112 cm³/mol. The van der Waals surface area contributed by atoms with E-state index in [-0.39, 0.29) is 17.4 Å². The van der Waals surface area contributed by atoms with Crippen LogP contribution >= 0.6 is 0 Å². The van der Waals surface area contributed by atoms with E-state index in [2.05, 4.69) is 16.4 Å². The SMILES string of the molecule is Cn1c(=O)c(C(=O)NC2CCCc3c2[nH]c2ccccc32)c(O)c2ccccc21. The zero-order valence-electron chi connectivity index (χ0n) is 16.0. The Labute approximate surface area is 166 Å². The average molecular weight is 387 g/mol. The second kappa shape index (κ2) is 6.51. The van der Waals surface area contributed by atoms with Crippen LogP contribution in [0.15, 0.2) is 53.3 Å². The molecule has 4 aromatic rings. The fraction of sp³-hybridized carbons (Fsp3) is 0.217. The van der Waals surface area contributed by atoms with Gasteiger partial charge in [-0.25, -0.2) is 0 Å². The molecule has 6 nitrogen and oxygen atoms in total. The number of hydrogen-bond acceptors (Lipinski definition) is 3. The van der Waals surface area contributed by atoms with E-state index in [0.717, 1.165) is 30.5 Å². The minimum absolute atomic E-state index is 0.213. The summed E-state index contributed by atoms with van der Waals surface area (Å²) in [5.74, 6) is -0.820. The molecule has 0 aliphatic heterocycles. The van der Waals surface area contributed by atoms with Crippen molar-refractivity contribution in [3.63, 3.8) is 0 Å². The number of H-pyrrole nitrogens is 1. The number of para-hydroxylation sites is 2. The lowest BCUT2D eigenvalue weighted by Gasteiger charge is -2.24. The molecule has 29 heavy (non-hydrogen) atoms. The highest BCUT2D eigenvalue weighted by molar-refractivity contribution is 6.02. The molecular formula is C23H21N3O3. The van der Waals surface area contributed by atoms with Crippen molar-refractivity contribution in [2.45, 2.75) is 25.3 Å². The van der Waals surface area contributed by atoms with E-state index < -0.39 is 11.5 Å². The standard InChI is InChI=1S/C23H21N3O3/c1-26-18-12-5-3-8-15(18)21(27)19(23(26)29)22(28)25-17-11-6-9-14-13-7-2-4-10-16(13)24-20(14)17/h2-5,7-8,10,12,17,24,27H,6,9,11H2,1H3,(H,25,28). The first-order chi connectivity index (χ1) is 14.1. The van der Waals surface area contributed by atoms with Gasteiger partial charge in [0.15, 0.2) is 0 Å². The largest absolute Gasteiger partial charge is 0.506 e. The van der Waals surface area contributed by atoms with E-state index in [1.807, 2.05) is 18.2 Å². The molecule has 1 unspecified atom stereocenters. The van der Waals surface area contributed by atoms with Crippen molar-refractivity contribution in [1.29, 1.82) is 0 Å². The highest BCUT2D eigenvalue weighted by atomic mass is 16.3. The Morgan fingerprint density at radius 3 is 2.69 bits per heavy atom. The van der Waals surface area contributed by atoms with Crippen LogP contribution in [-0.2, 0) is 13.5 Å². The molecule has 3 N–H and O–H groups in total. The van der Waals surface area contributed by atoms with Crippen molar-refractivity contribution in [2.24, 2.45) is 7.05 Å². The molecule has 146 valence electrons. The van der Waals surface area contributed by atoms with Crippen LogP contribution in [-0.4, -0.2) is 20.6 Å². The van der Waals surface area contributed by atoms with Crippen molar-refractivity contribution in [3.8, 4) is 5.75 Å². The second-order valence-electron chi connectivity index (χ2n) is 7.59. The zero-order valence-corrected chi connectivity index (χ0v) is 16.0. The maximum Gasteiger partial charge on any atom is 0.267 e. The lowest BCUT2D eigenvalue weighted by molar-refractivity contribution is 0.0927. The maximum absolute atomic E-state index is 13.1. The average Bonchev–Trinajstić information content (AvgIpc) is 3.12. The Hall–Kier alpha value is -3.54. The van der Waals surface area contributed by atoms with Crippen LogP contribution < -0.4 is 10.9 Å². The number of hydrogen-bond donors (Lipinski definition) is 3. The van der Waals surface area contributed by atoms with E-state index in [1.54, 1.807) is 31.3 Å². The summed E-state index contributed by atoms with van der Waals surface area (Å²) in [6, 6.07) is 14.9. The number of nitrogens with one attached hydrogen (secondary N) is 2. The molecule has 0 bridgehead atoms. The molecule has 2 aromatic carbocycles. The molecular weight excluding hydrogens is 366 g/mol. The summed E-state index contributed by atoms with van der Waals surface area (Å²) in [6.07, 6.45) is 2.68. The smallest absolute Gasteiger partial charge is 0.267 e. The van der Waals surface area contributed by atoms with Gasteiger partial charge in [0.1, 0.15) is 11.3 Å². The molecule has 1 aliphatic carbocycles. The van der Waals surface area contributed by atoms with Crippen LogP contribution in [0.2, 0.25) is 0 Å². The van der Waals surface area contributed by atoms with Gasteiger partial charge in [-0.1, -0.05) is 30.3 Å². The summed E-state index contributed by atoms with van der Waals surface area (Å²) in [7, 11) is 1.61. The van der Waals surface area contributed by atoms with Gasteiger partial charge in [-0.3, -0.25) is 9.59 Å².